The molecule has 4 heterocycles. The zero-order valence-corrected chi connectivity index (χ0v) is 16.3. The van der Waals surface area contributed by atoms with Gasteiger partial charge in [0.2, 0.25) is 0 Å². The summed E-state index contributed by atoms with van der Waals surface area (Å²) >= 11 is 1.70. The molecule has 1 aliphatic rings. The molecule has 0 aliphatic carbocycles. The second-order valence-electron chi connectivity index (χ2n) is 7.03. The second kappa shape index (κ2) is 7.30. The first-order valence-corrected chi connectivity index (χ1v) is 10.3. The van der Waals surface area contributed by atoms with Gasteiger partial charge in [0.05, 0.1) is 11.6 Å². The maximum Gasteiger partial charge on any atom is 0.163 e. The zero-order valence-electron chi connectivity index (χ0n) is 15.5. The van der Waals surface area contributed by atoms with E-state index in [0.29, 0.717) is 5.82 Å². The summed E-state index contributed by atoms with van der Waals surface area (Å²) in [5, 5.41) is 5.33. The summed E-state index contributed by atoms with van der Waals surface area (Å²) in [5.74, 6) is 1.66. The molecule has 1 fully saturated rings. The maximum atomic E-state index is 6.22. The van der Waals surface area contributed by atoms with Crippen LogP contribution in [-0.2, 0) is 4.74 Å². The molecule has 1 aliphatic heterocycles. The van der Waals surface area contributed by atoms with Gasteiger partial charge in [-0.05, 0) is 53.6 Å². The van der Waals surface area contributed by atoms with Gasteiger partial charge in [0.25, 0.3) is 0 Å². The van der Waals surface area contributed by atoms with E-state index in [1.807, 2.05) is 36.5 Å². The van der Waals surface area contributed by atoms with Gasteiger partial charge in [0.15, 0.2) is 5.82 Å². The van der Waals surface area contributed by atoms with Crippen molar-refractivity contribution in [2.24, 2.45) is 0 Å². The third-order valence-electron chi connectivity index (χ3n) is 4.98. The summed E-state index contributed by atoms with van der Waals surface area (Å²) in [4.78, 5) is 16.3. The molecule has 140 valence electrons. The molecule has 1 saturated heterocycles. The number of pyridine rings is 1. The fourth-order valence-corrected chi connectivity index (χ4v) is 4.39. The van der Waals surface area contributed by atoms with Gasteiger partial charge in [-0.25, -0.2) is 9.97 Å². The fourth-order valence-electron chi connectivity index (χ4n) is 3.69. The quantitative estimate of drug-likeness (QED) is 0.508. The second-order valence-corrected chi connectivity index (χ2v) is 7.81. The van der Waals surface area contributed by atoms with Crippen LogP contribution >= 0.6 is 11.3 Å². The molecule has 0 bridgehead atoms. The van der Waals surface area contributed by atoms with Gasteiger partial charge in [-0.2, -0.15) is 11.3 Å². The molecule has 0 N–H and O–H groups in total. The van der Waals surface area contributed by atoms with Crippen molar-refractivity contribution in [3.63, 3.8) is 0 Å². The van der Waals surface area contributed by atoms with Crippen molar-refractivity contribution >= 4 is 28.1 Å². The van der Waals surface area contributed by atoms with E-state index in [1.54, 1.807) is 17.5 Å². The molecule has 2 atom stereocenters. The molecule has 0 saturated carbocycles. The third kappa shape index (κ3) is 3.25. The Morgan fingerprint density at radius 1 is 1.07 bits per heavy atom. The lowest BCUT2D eigenvalue weighted by Gasteiger charge is -2.38. The molecule has 0 spiro atoms. The van der Waals surface area contributed by atoms with E-state index in [-0.39, 0.29) is 12.2 Å². The van der Waals surface area contributed by atoms with Crippen molar-refractivity contribution in [2.75, 3.05) is 18.0 Å². The van der Waals surface area contributed by atoms with Crippen LogP contribution in [0.4, 0.5) is 5.82 Å². The average molecular weight is 388 g/mol. The first-order valence-electron chi connectivity index (χ1n) is 9.37. The molecular weight excluding hydrogens is 368 g/mol. The number of hydrogen-bond donors (Lipinski definition) is 0. The van der Waals surface area contributed by atoms with Crippen LogP contribution in [0.15, 0.2) is 65.6 Å². The summed E-state index contributed by atoms with van der Waals surface area (Å²) in [6.45, 7) is 3.69. The van der Waals surface area contributed by atoms with Crippen molar-refractivity contribution in [1.29, 1.82) is 0 Å². The van der Waals surface area contributed by atoms with E-state index in [9.17, 15) is 0 Å². The SMILES string of the molecule is CC1CN(c2nc(-c3cccnc3)nc3ccccc23)CC(c2ccsc2)O1. The lowest BCUT2D eigenvalue weighted by molar-refractivity contribution is -0.0173. The van der Waals surface area contributed by atoms with Crippen molar-refractivity contribution in [1.82, 2.24) is 15.0 Å². The standard InChI is InChI=1S/C22H20N4OS/c1-15-12-26(13-20(27-15)17-8-10-28-14-17)22-18-6-2-3-7-19(18)24-21(25-22)16-5-4-9-23-11-16/h2-11,14-15,20H,12-13H2,1H3. The average Bonchev–Trinajstić information content (AvgIpc) is 3.28. The number of anilines is 1. The molecule has 5 nitrogen and oxygen atoms in total. The highest BCUT2D eigenvalue weighted by atomic mass is 32.1. The highest BCUT2D eigenvalue weighted by Crippen LogP contribution is 2.33. The van der Waals surface area contributed by atoms with Crippen LogP contribution in [0.5, 0.6) is 0 Å². The molecule has 0 amide bonds. The van der Waals surface area contributed by atoms with Gasteiger partial charge >= 0.3 is 0 Å². The van der Waals surface area contributed by atoms with Gasteiger partial charge in [0, 0.05) is 36.4 Å². The Balaban J connectivity index is 1.61. The minimum Gasteiger partial charge on any atom is -0.367 e. The molecular formula is C22H20N4OS. The van der Waals surface area contributed by atoms with E-state index < -0.39 is 0 Å². The summed E-state index contributed by atoms with van der Waals surface area (Å²) < 4.78 is 6.22. The predicted molar refractivity (Wildman–Crippen MR) is 113 cm³/mol. The van der Waals surface area contributed by atoms with E-state index in [4.69, 9.17) is 14.7 Å². The van der Waals surface area contributed by atoms with E-state index >= 15 is 0 Å². The molecule has 28 heavy (non-hydrogen) atoms. The Bertz CT molecular complexity index is 1080. The van der Waals surface area contributed by atoms with Gasteiger partial charge in [-0.15, -0.1) is 0 Å². The number of aromatic nitrogens is 3. The number of benzene rings is 1. The summed E-state index contributed by atoms with van der Waals surface area (Å²) in [6.07, 6.45) is 3.74. The Hall–Kier alpha value is -2.83. The van der Waals surface area contributed by atoms with Crippen LogP contribution in [0.1, 0.15) is 18.6 Å². The minimum absolute atomic E-state index is 0.0468. The number of para-hydroxylation sites is 1. The Morgan fingerprint density at radius 3 is 2.82 bits per heavy atom. The Kier molecular flexibility index (Phi) is 4.50. The third-order valence-corrected chi connectivity index (χ3v) is 5.68. The first kappa shape index (κ1) is 17.3. The number of nitrogens with zero attached hydrogens (tertiary/aromatic N) is 4. The minimum atomic E-state index is 0.0468. The van der Waals surface area contributed by atoms with Crippen LogP contribution in [-0.4, -0.2) is 34.1 Å². The fraction of sp³-hybridized carbons (Fsp3) is 0.227. The maximum absolute atomic E-state index is 6.22. The molecule has 5 rings (SSSR count). The van der Waals surface area contributed by atoms with Gasteiger partial charge in [-0.1, -0.05) is 12.1 Å². The van der Waals surface area contributed by atoms with Crippen molar-refractivity contribution < 1.29 is 4.74 Å². The zero-order chi connectivity index (χ0) is 18.9. The van der Waals surface area contributed by atoms with Crippen LogP contribution in [0.2, 0.25) is 0 Å². The van der Waals surface area contributed by atoms with E-state index in [1.165, 1.54) is 5.56 Å². The molecule has 0 radical (unpaired) electrons. The van der Waals surface area contributed by atoms with Gasteiger partial charge < -0.3 is 9.64 Å². The van der Waals surface area contributed by atoms with Gasteiger partial charge in [0.1, 0.15) is 11.9 Å². The van der Waals surface area contributed by atoms with Crippen molar-refractivity contribution in [3.05, 3.63) is 71.2 Å². The number of thiophene rings is 1. The highest BCUT2D eigenvalue weighted by molar-refractivity contribution is 7.07. The van der Waals surface area contributed by atoms with Crippen LogP contribution in [0.25, 0.3) is 22.3 Å². The normalized spacial score (nSPS) is 19.8. The summed E-state index contributed by atoms with van der Waals surface area (Å²) in [6, 6.07) is 14.2. The predicted octanol–water partition coefficient (Wildman–Crippen LogP) is 4.72. The molecule has 4 aromatic rings. The lowest BCUT2D eigenvalue weighted by atomic mass is 10.1. The number of ether oxygens (including phenoxy) is 1. The Labute approximate surface area is 167 Å². The van der Waals surface area contributed by atoms with Gasteiger partial charge in [-0.3, -0.25) is 4.98 Å². The summed E-state index contributed by atoms with van der Waals surface area (Å²) in [7, 11) is 0. The van der Waals surface area contributed by atoms with Crippen LogP contribution < -0.4 is 4.90 Å². The number of morpholine rings is 1. The molecule has 1 aromatic carbocycles. The van der Waals surface area contributed by atoms with Crippen LogP contribution in [0, 0.1) is 0 Å². The molecule has 2 unspecified atom stereocenters. The molecule has 6 heteroatoms. The smallest absolute Gasteiger partial charge is 0.163 e. The molecule has 3 aromatic heterocycles. The first-order chi connectivity index (χ1) is 13.8. The number of rotatable bonds is 3. The highest BCUT2D eigenvalue weighted by Gasteiger charge is 2.29. The van der Waals surface area contributed by atoms with Crippen molar-refractivity contribution in [2.45, 2.75) is 19.1 Å². The van der Waals surface area contributed by atoms with E-state index in [2.05, 4.69) is 39.7 Å². The van der Waals surface area contributed by atoms with E-state index in [0.717, 1.165) is 35.4 Å². The van der Waals surface area contributed by atoms with Crippen molar-refractivity contribution in [3.8, 4) is 11.4 Å². The van der Waals surface area contributed by atoms with Crippen LogP contribution in [0.3, 0.4) is 0 Å². The number of hydrogen-bond acceptors (Lipinski definition) is 6. The largest absolute Gasteiger partial charge is 0.367 e. The lowest BCUT2D eigenvalue weighted by Crippen LogP contribution is -2.43. The topological polar surface area (TPSA) is 51.1 Å². The number of fused-ring (bicyclic) bond motifs is 1. The Morgan fingerprint density at radius 2 is 2.00 bits per heavy atom. The summed E-state index contributed by atoms with van der Waals surface area (Å²) in [5.41, 5.74) is 3.09. The monoisotopic (exact) mass is 388 g/mol.